The van der Waals surface area contributed by atoms with Crippen LogP contribution in [0.2, 0.25) is 0 Å². The molecule has 0 aliphatic rings. The number of aliphatic hydroxyl groups is 2. The van der Waals surface area contributed by atoms with Gasteiger partial charge in [0.2, 0.25) is 0 Å². The van der Waals surface area contributed by atoms with Gasteiger partial charge in [0.1, 0.15) is 11.5 Å². The van der Waals surface area contributed by atoms with E-state index in [9.17, 15) is 24.9 Å². The molecule has 0 saturated carbocycles. The zero-order chi connectivity index (χ0) is 17.9. The summed E-state index contributed by atoms with van der Waals surface area (Å²) in [6, 6.07) is 9.51. The largest absolute Gasteiger partial charge is 0.507 e. The summed E-state index contributed by atoms with van der Waals surface area (Å²) in [6.07, 6.45) is 0. The van der Waals surface area contributed by atoms with Crippen LogP contribution in [0.25, 0.3) is 0 Å². The molecule has 0 spiro atoms. The normalized spacial score (nSPS) is 11.0. The van der Waals surface area contributed by atoms with Crippen LogP contribution in [0.1, 0.15) is 21.5 Å². The standard InChI is InChI=1S/C17H16O7/c1-23-10-7-8-12(14(18)9-10)15(19)11-5-3-4-6-13(11)17(21,22)16(20)24-2/h3-9,18,21-22H,1-2H3. The maximum Gasteiger partial charge on any atom is 0.371 e. The molecular formula is C17H16O7. The van der Waals surface area contributed by atoms with Crippen molar-refractivity contribution in [2.45, 2.75) is 5.79 Å². The molecule has 0 fully saturated rings. The van der Waals surface area contributed by atoms with Gasteiger partial charge in [-0.15, -0.1) is 0 Å². The van der Waals surface area contributed by atoms with E-state index in [2.05, 4.69) is 4.74 Å². The molecule has 0 heterocycles. The highest BCUT2D eigenvalue weighted by molar-refractivity contribution is 6.12. The Hall–Kier alpha value is -2.90. The number of phenols is 1. The first-order valence-electron chi connectivity index (χ1n) is 6.87. The zero-order valence-corrected chi connectivity index (χ0v) is 13.0. The molecule has 0 unspecified atom stereocenters. The molecule has 7 heteroatoms. The Bertz CT molecular complexity index is 780. The Morgan fingerprint density at radius 3 is 2.25 bits per heavy atom. The molecule has 0 saturated heterocycles. The maximum absolute atomic E-state index is 12.7. The number of carbonyl (C=O) groups excluding carboxylic acids is 2. The van der Waals surface area contributed by atoms with E-state index in [-0.39, 0.29) is 22.4 Å². The second-order valence-electron chi connectivity index (χ2n) is 4.92. The van der Waals surface area contributed by atoms with Crippen molar-refractivity contribution in [3.05, 3.63) is 59.2 Å². The topological polar surface area (TPSA) is 113 Å². The van der Waals surface area contributed by atoms with Gasteiger partial charge >= 0.3 is 5.97 Å². The molecule has 2 rings (SSSR count). The first-order chi connectivity index (χ1) is 11.3. The van der Waals surface area contributed by atoms with E-state index in [1.807, 2.05) is 0 Å². The minimum atomic E-state index is -3.00. The predicted octanol–water partition coefficient (Wildman–Crippen LogP) is 0.942. The van der Waals surface area contributed by atoms with Gasteiger partial charge in [0, 0.05) is 17.2 Å². The van der Waals surface area contributed by atoms with E-state index < -0.39 is 17.5 Å². The lowest BCUT2D eigenvalue weighted by atomic mass is 9.93. The quantitative estimate of drug-likeness (QED) is 0.424. The van der Waals surface area contributed by atoms with Crippen LogP contribution < -0.4 is 4.74 Å². The summed E-state index contributed by atoms with van der Waals surface area (Å²) in [5.41, 5.74) is -0.589. The van der Waals surface area contributed by atoms with Crippen molar-refractivity contribution in [1.82, 2.24) is 0 Å². The van der Waals surface area contributed by atoms with Gasteiger partial charge in [-0.3, -0.25) is 4.79 Å². The van der Waals surface area contributed by atoms with Crippen LogP contribution >= 0.6 is 0 Å². The predicted molar refractivity (Wildman–Crippen MR) is 82.7 cm³/mol. The van der Waals surface area contributed by atoms with Crippen molar-refractivity contribution in [1.29, 1.82) is 0 Å². The summed E-state index contributed by atoms with van der Waals surface area (Å²) in [6.45, 7) is 0. The number of benzene rings is 2. The lowest BCUT2D eigenvalue weighted by Gasteiger charge is -2.21. The number of ketones is 1. The molecule has 0 aliphatic carbocycles. The molecule has 0 amide bonds. The Morgan fingerprint density at radius 2 is 1.67 bits per heavy atom. The lowest BCUT2D eigenvalue weighted by Crippen LogP contribution is -2.38. The molecule has 0 bridgehead atoms. The number of phenolic OH excluding ortho intramolecular Hbond substituents is 1. The average molecular weight is 332 g/mol. The van der Waals surface area contributed by atoms with E-state index in [0.717, 1.165) is 7.11 Å². The molecule has 2 aromatic rings. The van der Waals surface area contributed by atoms with Gasteiger partial charge in [0.05, 0.1) is 19.8 Å². The Balaban J connectivity index is 2.54. The lowest BCUT2D eigenvalue weighted by molar-refractivity contribution is -0.211. The molecule has 0 aromatic heterocycles. The van der Waals surface area contributed by atoms with Crippen molar-refractivity contribution in [2.75, 3.05) is 14.2 Å². The fraction of sp³-hybridized carbons (Fsp3) is 0.176. The van der Waals surface area contributed by atoms with E-state index >= 15 is 0 Å². The summed E-state index contributed by atoms with van der Waals surface area (Å²) in [4.78, 5) is 24.3. The highest BCUT2D eigenvalue weighted by Gasteiger charge is 2.40. The van der Waals surface area contributed by atoms with Gasteiger partial charge in [-0.05, 0) is 12.1 Å². The fourth-order valence-corrected chi connectivity index (χ4v) is 2.21. The van der Waals surface area contributed by atoms with Crippen molar-refractivity contribution in [3.8, 4) is 11.5 Å². The van der Waals surface area contributed by atoms with E-state index in [4.69, 9.17) is 4.74 Å². The Morgan fingerprint density at radius 1 is 1.00 bits per heavy atom. The number of rotatable bonds is 5. The average Bonchev–Trinajstić information content (AvgIpc) is 2.60. The van der Waals surface area contributed by atoms with Crippen LogP contribution in [0.5, 0.6) is 11.5 Å². The highest BCUT2D eigenvalue weighted by Crippen LogP contribution is 2.30. The smallest absolute Gasteiger partial charge is 0.371 e. The summed E-state index contributed by atoms with van der Waals surface area (Å²) >= 11 is 0. The number of methoxy groups -OCH3 is 2. The molecule has 3 N–H and O–H groups in total. The summed E-state index contributed by atoms with van der Waals surface area (Å²) in [5.74, 6) is -5.01. The minimum absolute atomic E-state index is 0.0797. The van der Waals surface area contributed by atoms with Crippen molar-refractivity contribution >= 4 is 11.8 Å². The summed E-state index contributed by atoms with van der Waals surface area (Å²) in [5, 5.41) is 30.0. The van der Waals surface area contributed by atoms with Crippen LogP contribution in [0.3, 0.4) is 0 Å². The van der Waals surface area contributed by atoms with E-state index in [1.165, 1.54) is 49.6 Å². The molecule has 7 nitrogen and oxygen atoms in total. The third-order valence-electron chi connectivity index (χ3n) is 3.47. The van der Waals surface area contributed by atoms with Gasteiger partial charge in [0.15, 0.2) is 5.78 Å². The first-order valence-corrected chi connectivity index (χ1v) is 6.87. The molecule has 126 valence electrons. The zero-order valence-electron chi connectivity index (χ0n) is 13.0. The second kappa shape index (κ2) is 6.69. The third-order valence-corrected chi connectivity index (χ3v) is 3.47. The van der Waals surface area contributed by atoms with Gasteiger partial charge in [-0.1, -0.05) is 24.3 Å². The van der Waals surface area contributed by atoms with Crippen molar-refractivity contribution in [2.24, 2.45) is 0 Å². The number of carbonyl (C=O) groups is 2. The SMILES string of the molecule is COC(=O)C(O)(O)c1ccccc1C(=O)c1ccc(OC)cc1O. The van der Waals surface area contributed by atoms with Gasteiger partial charge in [-0.25, -0.2) is 4.79 Å². The van der Waals surface area contributed by atoms with Gasteiger partial charge in [-0.2, -0.15) is 0 Å². The summed E-state index contributed by atoms with van der Waals surface area (Å²) in [7, 11) is 2.40. The van der Waals surface area contributed by atoms with Crippen LogP contribution in [0.15, 0.2) is 42.5 Å². The van der Waals surface area contributed by atoms with E-state index in [1.54, 1.807) is 0 Å². The number of hydrogen-bond donors (Lipinski definition) is 3. The molecule has 0 aliphatic heterocycles. The number of ether oxygens (including phenoxy) is 2. The monoisotopic (exact) mass is 332 g/mol. The highest BCUT2D eigenvalue weighted by atomic mass is 16.6. The first kappa shape index (κ1) is 17.5. The number of hydrogen-bond acceptors (Lipinski definition) is 7. The number of aromatic hydroxyl groups is 1. The summed E-state index contributed by atoms with van der Waals surface area (Å²) < 4.78 is 9.29. The maximum atomic E-state index is 12.7. The molecule has 2 aromatic carbocycles. The molecule has 0 radical (unpaired) electrons. The van der Waals surface area contributed by atoms with Crippen LogP contribution in [0, 0.1) is 0 Å². The molecular weight excluding hydrogens is 316 g/mol. The van der Waals surface area contributed by atoms with Gasteiger partial charge in [0.25, 0.3) is 5.79 Å². The fourth-order valence-electron chi connectivity index (χ4n) is 2.21. The molecule has 0 atom stereocenters. The van der Waals surface area contributed by atoms with Crippen LogP contribution in [0.4, 0.5) is 0 Å². The Labute approximate surface area is 137 Å². The number of esters is 1. The Kier molecular flexibility index (Phi) is 4.87. The van der Waals surface area contributed by atoms with E-state index in [0.29, 0.717) is 5.75 Å². The molecule has 24 heavy (non-hydrogen) atoms. The minimum Gasteiger partial charge on any atom is -0.507 e. The second-order valence-corrected chi connectivity index (χ2v) is 4.92. The van der Waals surface area contributed by atoms with Crippen LogP contribution in [-0.2, 0) is 15.3 Å². The van der Waals surface area contributed by atoms with Gasteiger partial charge < -0.3 is 24.8 Å². The van der Waals surface area contributed by atoms with Crippen LogP contribution in [-0.4, -0.2) is 41.3 Å². The third kappa shape index (κ3) is 3.08. The van der Waals surface area contributed by atoms with Crippen molar-refractivity contribution in [3.63, 3.8) is 0 Å². The van der Waals surface area contributed by atoms with Crippen molar-refractivity contribution < 1.29 is 34.4 Å².